The van der Waals surface area contributed by atoms with E-state index in [9.17, 15) is 9.90 Å². The zero-order chi connectivity index (χ0) is 16.4. The number of hydrogen-bond donors (Lipinski definition) is 2. The minimum atomic E-state index is -0.00423. The molecule has 126 valence electrons. The maximum atomic E-state index is 12.1. The second-order valence-electron chi connectivity index (χ2n) is 6.25. The summed E-state index contributed by atoms with van der Waals surface area (Å²) in [5.41, 5.74) is 1.59. The van der Waals surface area contributed by atoms with Gasteiger partial charge in [-0.05, 0) is 25.5 Å². The summed E-state index contributed by atoms with van der Waals surface area (Å²) in [6, 6.07) is 3.84. The molecule has 2 fully saturated rings. The highest BCUT2D eigenvalue weighted by atomic mass is 16.5. The fourth-order valence-corrected chi connectivity index (χ4v) is 3.45. The van der Waals surface area contributed by atoms with Crippen molar-refractivity contribution in [3.05, 3.63) is 23.5 Å². The van der Waals surface area contributed by atoms with Gasteiger partial charge in [0, 0.05) is 39.0 Å². The summed E-state index contributed by atoms with van der Waals surface area (Å²) in [5.74, 6) is 0.231. The molecule has 2 saturated heterocycles. The van der Waals surface area contributed by atoms with E-state index < -0.39 is 0 Å². The number of aromatic hydroxyl groups is 1. The highest BCUT2D eigenvalue weighted by molar-refractivity contribution is 5.77. The lowest BCUT2D eigenvalue weighted by molar-refractivity contribution is 0.110. The smallest absolute Gasteiger partial charge is 0.318 e. The van der Waals surface area contributed by atoms with Crippen LogP contribution in [0.4, 0.5) is 4.79 Å². The van der Waals surface area contributed by atoms with Gasteiger partial charge in [-0.15, -0.1) is 0 Å². The summed E-state index contributed by atoms with van der Waals surface area (Å²) in [6.07, 6.45) is 0.916. The van der Waals surface area contributed by atoms with Gasteiger partial charge in [-0.2, -0.15) is 0 Å². The lowest BCUT2D eigenvalue weighted by Gasteiger charge is -2.36. The molecule has 3 heterocycles. The quantitative estimate of drug-likeness (QED) is 0.835. The Labute approximate surface area is 136 Å². The summed E-state index contributed by atoms with van der Waals surface area (Å²) >= 11 is 0. The fraction of sp³-hybridized carbons (Fsp3) is 0.625. The number of pyridine rings is 1. The van der Waals surface area contributed by atoms with Crippen LogP contribution in [0, 0.1) is 6.92 Å². The molecule has 23 heavy (non-hydrogen) atoms. The summed E-state index contributed by atoms with van der Waals surface area (Å²) in [4.78, 5) is 20.6. The summed E-state index contributed by atoms with van der Waals surface area (Å²) in [5, 5.41) is 13.0. The SMILES string of the molecule is COCCN1C(=O)N[C@@H]2CN(Cc3nc(C)ccc3O)CC[C@@H]21. The topological polar surface area (TPSA) is 77.9 Å². The van der Waals surface area contributed by atoms with Crippen LogP contribution in [0.5, 0.6) is 5.75 Å². The Hall–Kier alpha value is -1.86. The Bertz CT molecular complexity index is 580. The Morgan fingerprint density at radius 1 is 1.48 bits per heavy atom. The highest BCUT2D eigenvalue weighted by Crippen LogP contribution is 2.25. The first-order valence-corrected chi connectivity index (χ1v) is 8.02. The summed E-state index contributed by atoms with van der Waals surface area (Å²) < 4.78 is 5.09. The number of nitrogens with zero attached hydrogens (tertiary/aromatic N) is 3. The Morgan fingerprint density at radius 3 is 3.09 bits per heavy atom. The van der Waals surface area contributed by atoms with E-state index in [0.29, 0.717) is 25.4 Å². The normalized spacial score (nSPS) is 24.6. The molecule has 0 unspecified atom stereocenters. The number of likely N-dealkylation sites (tertiary alicyclic amines) is 1. The monoisotopic (exact) mass is 320 g/mol. The zero-order valence-electron chi connectivity index (χ0n) is 13.7. The van der Waals surface area contributed by atoms with Gasteiger partial charge in [0.2, 0.25) is 0 Å². The van der Waals surface area contributed by atoms with E-state index in [2.05, 4.69) is 15.2 Å². The van der Waals surface area contributed by atoms with Crippen LogP contribution in [-0.4, -0.2) is 71.4 Å². The van der Waals surface area contributed by atoms with Crippen LogP contribution in [-0.2, 0) is 11.3 Å². The minimum absolute atomic E-state index is 0.00423. The average molecular weight is 320 g/mol. The van der Waals surface area contributed by atoms with E-state index in [4.69, 9.17) is 4.74 Å². The largest absolute Gasteiger partial charge is 0.506 e. The van der Waals surface area contributed by atoms with Crippen LogP contribution < -0.4 is 5.32 Å². The van der Waals surface area contributed by atoms with Crippen molar-refractivity contribution in [3.8, 4) is 5.75 Å². The molecule has 2 atom stereocenters. The van der Waals surface area contributed by atoms with Gasteiger partial charge in [0.1, 0.15) is 5.75 Å². The van der Waals surface area contributed by atoms with Crippen molar-refractivity contribution >= 4 is 6.03 Å². The molecule has 2 aliphatic rings. The molecule has 0 radical (unpaired) electrons. The maximum Gasteiger partial charge on any atom is 0.318 e. The molecule has 7 heteroatoms. The van der Waals surface area contributed by atoms with Crippen molar-refractivity contribution in [1.82, 2.24) is 20.1 Å². The Morgan fingerprint density at radius 2 is 2.30 bits per heavy atom. The van der Waals surface area contributed by atoms with Crippen LogP contribution >= 0.6 is 0 Å². The second-order valence-corrected chi connectivity index (χ2v) is 6.25. The van der Waals surface area contributed by atoms with Gasteiger partial charge in [-0.25, -0.2) is 4.79 Å². The molecule has 7 nitrogen and oxygen atoms in total. The van der Waals surface area contributed by atoms with E-state index in [1.807, 2.05) is 11.8 Å². The van der Waals surface area contributed by atoms with Gasteiger partial charge in [-0.3, -0.25) is 9.88 Å². The van der Waals surface area contributed by atoms with Gasteiger partial charge < -0.3 is 20.1 Å². The Kier molecular flexibility index (Phi) is 4.68. The van der Waals surface area contributed by atoms with E-state index in [0.717, 1.165) is 25.2 Å². The lowest BCUT2D eigenvalue weighted by atomic mass is 9.99. The molecule has 1 aromatic rings. The first-order valence-electron chi connectivity index (χ1n) is 8.02. The number of methoxy groups -OCH3 is 1. The lowest BCUT2D eigenvalue weighted by Crippen LogP contribution is -2.51. The molecule has 2 amide bonds. The van der Waals surface area contributed by atoms with Gasteiger partial charge in [-0.1, -0.05) is 0 Å². The van der Waals surface area contributed by atoms with E-state index in [1.54, 1.807) is 19.2 Å². The van der Waals surface area contributed by atoms with Crippen LogP contribution in [0.2, 0.25) is 0 Å². The number of hydrogen-bond acceptors (Lipinski definition) is 5. The van der Waals surface area contributed by atoms with Crippen LogP contribution in [0.25, 0.3) is 0 Å². The van der Waals surface area contributed by atoms with Crippen LogP contribution in [0.3, 0.4) is 0 Å². The molecular weight excluding hydrogens is 296 g/mol. The van der Waals surface area contributed by atoms with Crippen molar-refractivity contribution in [3.63, 3.8) is 0 Å². The Balaban J connectivity index is 1.63. The molecule has 2 aliphatic heterocycles. The standard InChI is InChI=1S/C16H24N4O3/c1-11-3-4-15(21)13(17-11)10-19-6-5-14-12(9-19)18-16(22)20(14)7-8-23-2/h3-4,12,14,21H,5-10H2,1-2H3,(H,18,22)/t12-,14+/m1/s1. The number of fused-ring (bicyclic) bond motifs is 1. The third-order valence-corrected chi connectivity index (χ3v) is 4.63. The molecule has 2 N–H and O–H groups in total. The van der Waals surface area contributed by atoms with E-state index in [1.165, 1.54) is 0 Å². The van der Waals surface area contributed by atoms with Crippen molar-refractivity contribution in [2.45, 2.75) is 32.0 Å². The predicted octanol–water partition coefficient (Wildman–Crippen LogP) is 0.710. The number of ether oxygens (including phenoxy) is 1. The van der Waals surface area contributed by atoms with Crippen molar-refractivity contribution in [1.29, 1.82) is 0 Å². The number of rotatable bonds is 5. The maximum absolute atomic E-state index is 12.1. The number of urea groups is 1. The third kappa shape index (κ3) is 3.40. The van der Waals surface area contributed by atoms with Gasteiger partial charge >= 0.3 is 6.03 Å². The van der Waals surface area contributed by atoms with Crippen molar-refractivity contribution in [2.75, 3.05) is 33.4 Å². The van der Waals surface area contributed by atoms with E-state index >= 15 is 0 Å². The first-order chi connectivity index (χ1) is 11.1. The minimum Gasteiger partial charge on any atom is -0.506 e. The number of carbonyl (C=O) groups is 1. The van der Waals surface area contributed by atoms with Crippen molar-refractivity contribution < 1.29 is 14.6 Å². The number of carbonyl (C=O) groups excluding carboxylic acids is 1. The van der Waals surface area contributed by atoms with Gasteiger partial charge in [0.25, 0.3) is 0 Å². The first kappa shape index (κ1) is 16.0. The fourth-order valence-electron chi connectivity index (χ4n) is 3.45. The number of piperidine rings is 1. The molecule has 3 rings (SSSR count). The highest BCUT2D eigenvalue weighted by Gasteiger charge is 2.42. The van der Waals surface area contributed by atoms with E-state index in [-0.39, 0.29) is 23.9 Å². The third-order valence-electron chi connectivity index (χ3n) is 4.63. The number of aryl methyl sites for hydroxylation is 1. The summed E-state index contributed by atoms with van der Waals surface area (Å²) in [6.45, 7) is 5.36. The molecule has 1 aromatic heterocycles. The molecule has 0 spiro atoms. The molecule has 0 bridgehead atoms. The number of aromatic nitrogens is 1. The average Bonchev–Trinajstić information content (AvgIpc) is 2.83. The van der Waals surface area contributed by atoms with Gasteiger partial charge in [0.15, 0.2) is 0 Å². The molecule has 0 aliphatic carbocycles. The number of amides is 2. The number of nitrogens with one attached hydrogen (secondary N) is 1. The van der Waals surface area contributed by atoms with Crippen LogP contribution in [0.15, 0.2) is 12.1 Å². The van der Waals surface area contributed by atoms with Crippen LogP contribution in [0.1, 0.15) is 17.8 Å². The summed E-state index contributed by atoms with van der Waals surface area (Å²) in [7, 11) is 1.65. The molecule has 0 aromatic carbocycles. The zero-order valence-corrected chi connectivity index (χ0v) is 13.7. The molecular formula is C16H24N4O3. The molecule has 0 saturated carbocycles. The van der Waals surface area contributed by atoms with Crippen molar-refractivity contribution in [2.24, 2.45) is 0 Å². The van der Waals surface area contributed by atoms with Gasteiger partial charge in [0.05, 0.1) is 24.4 Å². The predicted molar refractivity (Wildman–Crippen MR) is 85.2 cm³/mol. The second kappa shape index (κ2) is 6.72.